The van der Waals surface area contributed by atoms with E-state index in [4.69, 9.17) is 0 Å². The number of nitrogens with one attached hydrogen (secondary N) is 1. The quantitative estimate of drug-likeness (QED) is 0.386. The van der Waals surface area contributed by atoms with E-state index in [-0.39, 0.29) is 0 Å². The predicted molar refractivity (Wildman–Crippen MR) is 86.6 cm³/mol. The molecule has 19 heavy (non-hydrogen) atoms. The third-order valence-electron chi connectivity index (χ3n) is 4.60. The molecule has 0 aliphatic heterocycles. The summed E-state index contributed by atoms with van der Waals surface area (Å²) < 4.78 is 0. The summed E-state index contributed by atoms with van der Waals surface area (Å²) in [5.74, 6) is 1.04. The molecule has 0 aromatic heterocycles. The molecule has 0 amide bonds. The third kappa shape index (κ3) is 8.47. The molecule has 1 N–H and O–H groups in total. The Bertz CT molecular complexity index is 206. The van der Waals surface area contributed by atoms with Crippen LogP contribution in [0.15, 0.2) is 12.7 Å². The zero-order valence-electron chi connectivity index (χ0n) is 13.1. The minimum Gasteiger partial charge on any atom is -0.314 e. The largest absolute Gasteiger partial charge is 0.314 e. The number of hydrogen-bond acceptors (Lipinski definition) is 1. The minimum atomic E-state index is 0.774. The van der Waals surface area contributed by atoms with Gasteiger partial charge in [0.25, 0.3) is 0 Å². The number of unbranched alkanes of at least 4 members (excludes halogenated alkanes) is 3. The van der Waals surface area contributed by atoms with Crippen molar-refractivity contribution in [2.45, 2.75) is 90.0 Å². The van der Waals surface area contributed by atoms with E-state index < -0.39 is 0 Å². The SMILES string of the molecule is C=CCCCCCC(CCC1CCCCC1)NCC. The summed E-state index contributed by atoms with van der Waals surface area (Å²) in [6.07, 6.45) is 19.0. The molecule has 0 saturated heterocycles. The van der Waals surface area contributed by atoms with Crippen LogP contribution < -0.4 is 5.32 Å². The van der Waals surface area contributed by atoms with E-state index in [1.54, 1.807) is 0 Å². The molecule has 1 saturated carbocycles. The molecule has 0 aromatic rings. The summed E-state index contributed by atoms with van der Waals surface area (Å²) in [5, 5.41) is 3.69. The zero-order valence-corrected chi connectivity index (χ0v) is 13.1. The maximum absolute atomic E-state index is 3.79. The first kappa shape index (κ1) is 16.8. The van der Waals surface area contributed by atoms with Crippen molar-refractivity contribution >= 4 is 0 Å². The zero-order chi connectivity index (χ0) is 13.8. The lowest BCUT2D eigenvalue weighted by molar-refractivity contribution is 0.307. The second kappa shape index (κ2) is 11.5. The van der Waals surface area contributed by atoms with Crippen molar-refractivity contribution in [1.29, 1.82) is 0 Å². The van der Waals surface area contributed by atoms with E-state index in [0.717, 1.165) is 18.5 Å². The van der Waals surface area contributed by atoms with Gasteiger partial charge in [-0.2, -0.15) is 0 Å². The second-order valence-electron chi connectivity index (χ2n) is 6.26. The van der Waals surface area contributed by atoms with E-state index in [2.05, 4.69) is 18.8 Å². The van der Waals surface area contributed by atoms with Gasteiger partial charge in [-0.05, 0) is 44.6 Å². The Kier molecular flexibility index (Phi) is 10.2. The molecule has 0 aromatic carbocycles. The maximum Gasteiger partial charge on any atom is 0.00670 e. The van der Waals surface area contributed by atoms with Crippen LogP contribution in [0.4, 0.5) is 0 Å². The highest BCUT2D eigenvalue weighted by atomic mass is 14.9. The van der Waals surface area contributed by atoms with E-state index in [0.29, 0.717) is 0 Å². The predicted octanol–water partition coefficient (Wildman–Crippen LogP) is 5.46. The molecule has 0 radical (unpaired) electrons. The van der Waals surface area contributed by atoms with Gasteiger partial charge in [0, 0.05) is 6.04 Å². The van der Waals surface area contributed by atoms with E-state index in [9.17, 15) is 0 Å². The Morgan fingerprint density at radius 2 is 1.89 bits per heavy atom. The van der Waals surface area contributed by atoms with Crippen LogP contribution in [0.25, 0.3) is 0 Å². The van der Waals surface area contributed by atoms with Crippen LogP contribution in [0.2, 0.25) is 0 Å². The van der Waals surface area contributed by atoms with Gasteiger partial charge in [-0.25, -0.2) is 0 Å². The van der Waals surface area contributed by atoms with Crippen molar-refractivity contribution in [1.82, 2.24) is 5.32 Å². The van der Waals surface area contributed by atoms with E-state index in [1.807, 2.05) is 6.08 Å². The Balaban J connectivity index is 2.10. The summed E-state index contributed by atoms with van der Waals surface area (Å²) in [4.78, 5) is 0. The van der Waals surface area contributed by atoms with Gasteiger partial charge in [0.05, 0.1) is 0 Å². The number of allylic oxidation sites excluding steroid dienone is 1. The van der Waals surface area contributed by atoms with Gasteiger partial charge in [-0.15, -0.1) is 6.58 Å². The molecular weight excluding hydrogens is 230 g/mol. The summed E-state index contributed by atoms with van der Waals surface area (Å²) in [6, 6.07) is 0.774. The lowest BCUT2D eigenvalue weighted by Gasteiger charge is -2.24. The Morgan fingerprint density at radius 3 is 2.58 bits per heavy atom. The van der Waals surface area contributed by atoms with Gasteiger partial charge in [0.2, 0.25) is 0 Å². The van der Waals surface area contributed by atoms with Crippen LogP contribution in [-0.4, -0.2) is 12.6 Å². The van der Waals surface area contributed by atoms with Crippen molar-refractivity contribution in [2.24, 2.45) is 5.92 Å². The van der Waals surface area contributed by atoms with E-state index in [1.165, 1.54) is 77.0 Å². The summed E-state index contributed by atoms with van der Waals surface area (Å²) in [5.41, 5.74) is 0. The van der Waals surface area contributed by atoms with Crippen LogP contribution >= 0.6 is 0 Å². The molecule has 0 bridgehead atoms. The van der Waals surface area contributed by atoms with Crippen molar-refractivity contribution in [3.05, 3.63) is 12.7 Å². The molecule has 1 fully saturated rings. The van der Waals surface area contributed by atoms with Crippen LogP contribution in [0.3, 0.4) is 0 Å². The molecule has 1 rings (SSSR count). The standard InChI is InChI=1S/C18H35N/c1-3-5-6-7-11-14-18(19-4-2)16-15-17-12-9-8-10-13-17/h3,17-19H,1,4-16H2,2H3. The van der Waals surface area contributed by atoms with Gasteiger partial charge >= 0.3 is 0 Å². The summed E-state index contributed by atoms with van der Waals surface area (Å²) >= 11 is 0. The third-order valence-corrected chi connectivity index (χ3v) is 4.60. The smallest absolute Gasteiger partial charge is 0.00670 e. The normalized spacial score (nSPS) is 18.4. The Morgan fingerprint density at radius 1 is 1.11 bits per heavy atom. The average Bonchev–Trinajstić information content (AvgIpc) is 2.45. The first-order chi connectivity index (χ1) is 9.36. The minimum absolute atomic E-state index is 0.774. The fraction of sp³-hybridized carbons (Fsp3) is 0.889. The van der Waals surface area contributed by atoms with Crippen LogP contribution in [-0.2, 0) is 0 Å². The van der Waals surface area contributed by atoms with Crippen LogP contribution in [0.5, 0.6) is 0 Å². The van der Waals surface area contributed by atoms with Crippen molar-refractivity contribution in [3.63, 3.8) is 0 Å². The van der Waals surface area contributed by atoms with Gasteiger partial charge in [-0.3, -0.25) is 0 Å². The van der Waals surface area contributed by atoms with Gasteiger partial charge in [0.15, 0.2) is 0 Å². The van der Waals surface area contributed by atoms with Crippen molar-refractivity contribution in [2.75, 3.05) is 6.54 Å². The molecule has 1 atom stereocenters. The van der Waals surface area contributed by atoms with Crippen molar-refractivity contribution in [3.8, 4) is 0 Å². The molecular formula is C18H35N. The average molecular weight is 265 g/mol. The summed E-state index contributed by atoms with van der Waals surface area (Å²) in [6.45, 7) is 7.16. The van der Waals surface area contributed by atoms with Gasteiger partial charge in [-0.1, -0.05) is 57.9 Å². The number of hydrogen-bond donors (Lipinski definition) is 1. The topological polar surface area (TPSA) is 12.0 Å². The Hall–Kier alpha value is -0.300. The Labute approximate surface area is 121 Å². The number of rotatable bonds is 11. The van der Waals surface area contributed by atoms with E-state index >= 15 is 0 Å². The lowest BCUT2D eigenvalue weighted by Crippen LogP contribution is -2.29. The van der Waals surface area contributed by atoms with Gasteiger partial charge < -0.3 is 5.32 Å². The molecule has 1 aliphatic rings. The molecule has 1 nitrogen and oxygen atoms in total. The highest BCUT2D eigenvalue weighted by Crippen LogP contribution is 2.28. The fourth-order valence-corrected chi connectivity index (χ4v) is 3.41. The highest BCUT2D eigenvalue weighted by Gasteiger charge is 2.15. The van der Waals surface area contributed by atoms with Gasteiger partial charge in [0.1, 0.15) is 0 Å². The molecule has 1 heteroatoms. The second-order valence-corrected chi connectivity index (χ2v) is 6.26. The summed E-state index contributed by atoms with van der Waals surface area (Å²) in [7, 11) is 0. The van der Waals surface area contributed by atoms with Crippen molar-refractivity contribution < 1.29 is 0 Å². The fourth-order valence-electron chi connectivity index (χ4n) is 3.41. The first-order valence-electron chi connectivity index (χ1n) is 8.71. The lowest BCUT2D eigenvalue weighted by atomic mass is 9.84. The monoisotopic (exact) mass is 265 g/mol. The first-order valence-corrected chi connectivity index (χ1v) is 8.71. The highest BCUT2D eigenvalue weighted by molar-refractivity contribution is 4.72. The molecule has 1 aliphatic carbocycles. The molecule has 0 heterocycles. The maximum atomic E-state index is 3.79. The molecule has 1 unspecified atom stereocenters. The molecule has 0 spiro atoms. The molecule has 112 valence electrons. The van der Waals surface area contributed by atoms with Crippen LogP contribution in [0.1, 0.15) is 84.0 Å². The van der Waals surface area contributed by atoms with Crippen LogP contribution in [0, 0.1) is 5.92 Å².